The number of rotatable bonds is 3. The third kappa shape index (κ3) is 3.76. The zero-order valence-electron chi connectivity index (χ0n) is 15.1. The highest BCUT2D eigenvalue weighted by molar-refractivity contribution is 7.89. The van der Waals surface area contributed by atoms with Gasteiger partial charge in [0.15, 0.2) is 0 Å². The van der Waals surface area contributed by atoms with Crippen molar-refractivity contribution < 1.29 is 13.2 Å². The Labute approximate surface area is 155 Å². The number of sulfonamides is 1. The van der Waals surface area contributed by atoms with E-state index < -0.39 is 10.0 Å². The molecule has 2 heterocycles. The van der Waals surface area contributed by atoms with Crippen molar-refractivity contribution in [2.75, 3.05) is 26.2 Å². The van der Waals surface area contributed by atoms with E-state index in [2.05, 4.69) is 6.92 Å². The predicted molar refractivity (Wildman–Crippen MR) is 97.6 cm³/mol. The van der Waals surface area contributed by atoms with Crippen LogP contribution in [0, 0.1) is 23.2 Å². The quantitative estimate of drug-likeness (QED) is 0.811. The molecule has 1 atom stereocenters. The molecule has 0 aromatic heterocycles. The molecule has 1 unspecified atom stereocenters. The fourth-order valence-electron chi connectivity index (χ4n) is 3.77. The maximum absolute atomic E-state index is 13.0. The molecule has 7 heteroatoms. The van der Waals surface area contributed by atoms with E-state index in [1.54, 1.807) is 12.1 Å². The summed E-state index contributed by atoms with van der Waals surface area (Å²) in [4.78, 5) is 14.8. The maximum Gasteiger partial charge on any atom is 0.244 e. The molecule has 2 saturated heterocycles. The fraction of sp³-hybridized carbons (Fsp3) is 0.579. The highest BCUT2D eigenvalue weighted by Crippen LogP contribution is 2.27. The molecule has 6 nitrogen and oxygen atoms in total. The topological polar surface area (TPSA) is 81.5 Å². The zero-order chi connectivity index (χ0) is 18.7. The van der Waals surface area contributed by atoms with Gasteiger partial charge >= 0.3 is 0 Å². The molecule has 0 spiro atoms. The lowest BCUT2D eigenvalue weighted by molar-refractivity contribution is -0.138. The van der Waals surface area contributed by atoms with Gasteiger partial charge in [-0.25, -0.2) is 8.42 Å². The molecule has 1 aromatic rings. The Morgan fingerprint density at radius 1 is 1.15 bits per heavy atom. The number of amides is 1. The average Bonchev–Trinajstić information content (AvgIpc) is 2.68. The van der Waals surface area contributed by atoms with Crippen LogP contribution in [0.1, 0.15) is 38.2 Å². The van der Waals surface area contributed by atoms with Crippen LogP contribution in [0.5, 0.6) is 0 Å². The molecule has 2 aliphatic heterocycles. The first-order valence-corrected chi connectivity index (χ1v) is 10.7. The number of hydrogen-bond donors (Lipinski definition) is 0. The predicted octanol–water partition coefficient (Wildman–Crippen LogP) is 2.22. The van der Waals surface area contributed by atoms with Crippen molar-refractivity contribution in [1.82, 2.24) is 9.21 Å². The minimum absolute atomic E-state index is 0.0300. The number of piperidine rings is 2. The number of nitrogens with zero attached hydrogens (tertiary/aromatic N) is 3. The Bertz CT molecular complexity index is 808. The molecule has 0 radical (unpaired) electrons. The molecule has 0 saturated carbocycles. The average molecular weight is 375 g/mol. The number of benzene rings is 1. The zero-order valence-corrected chi connectivity index (χ0v) is 15.9. The van der Waals surface area contributed by atoms with Gasteiger partial charge in [-0.2, -0.15) is 9.57 Å². The minimum Gasteiger partial charge on any atom is -0.342 e. The first-order chi connectivity index (χ1) is 12.4. The summed E-state index contributed by atoms with van der Waals surface area (Å²) in [5.74, 6) is 0.427. The van der Waals surface area contributed by atoms with Crippen molar-refractivity contribution in [3.05, 3.63) is 29.8 Å². The minimum atomic E-state index is -3.77. The summed E-state index contributed by atoms with van der Waals surface area (Å²) in [5, 5.41) is 9.22. The van der Waals surface area contributed by atoms with Gasteiger partial charge in [0.2, 0.25) is 15.9 Å². The van der Waals surface area contributed by atoms with Crippen LogP contribution >= 0.6 is 0 Å². The van der Waals surface area contributed by atoms with Crippen LogP contribution in [0.25, 0.3) is 0 Å². The Kier molecular flexibility index (Phi) is 5.64. The third-order valence-corrected chi connectivity index (χ3v) is 7.38. The largest absolute Gasteiger partial charge is 0.342 e. The number of carbonyl (C=O) groups is 1. The van der Waals surface area contributed by atoms with E-state index >= 15 is 0 Å². The number of likely N-dealkylation sites (tertiary alicyclic amines) is 1. The lowest BCUT2D eigenvalue weighted by atomic mass is 9.94. The van der Waals surface area contributed by atoms with E-state index in [0.29, 0.717) is 18.9 Å². The van der Waals surface area contributed by atoms with Crippen molar-refractivity contribution in [3.8, 4) is 6.07 Å². The van der Waals surface area contributed by atoms with Crippen LogP contribution < -0.4 is 0 Å². The van der Waals surface area contributed by atoms with Crippen LogP contribution in [-0.2, 0) is 14.8 Å². The Morgan fingerprint density at radius 2 is 1.85 bits per heavy atom. The van der Waals surface area contributed by atoms with E-state index in [4.69, 9.17) is 0 Å². The monoisotopic (exact) mass is 375 g/mol. The van der Waals surface area contributed by atoms with Gasteiger partial charge in [-0.3, -0.25) is 4.79 Å². The normalized spacial score (nSPS) is 22.8. The lowest BCUT2D eigenvalue weighted by Crippen LogP contribution is -2.48. The summed E-state index contributed by atoms with van der Waals surface area (Å²) in [5.41, 5.74) is 0.144. The van der Waals surface area contributed by atoms with Gasteiger partial charge in [0.1, 0.15) is 6.07 Å². The van der Waals surface area contributed by atoms with Crippen LogP contribution in [-0.4, -0.2) is 49.7 Å². The molecule has 2 fully saturated rings. The fourth-order valence-corrected chi connectivity index (χ4v) is 5.44. The molecule has 2 aliphatic rings. The second-order valence-corrected chi connectivity index (χ2v) is 9.22. The van der Waals surface area contributed by atoms with Gasteiger partial charge in [0.05, 0.1) is 16.4 Å². The second-order valence-electron chi connectivity index (χ2n) is 7.32. The number of hydrogen-bond acceptors (Lipinski definition) is 4. The van der Waals surface area contributed by atoms with Crippen molar-refractivity contribution in [2.45, 2.75) is 37.5 Å². The molecule has 3 rings (SSSR count). The number of carbonyl (C=O) groups excluding carboxylic acids is 1. The smallest absolute Gasteiger partial charge is 0.244 e. The molecule has 0 bridgehead atoms. The van der Waals surface area contributed by atoms with Crippen molar-refractivity contribution in [1.29, 1.82) is 5.26 Å². The molecular formula is C19H25N3O3S. The summed E-state index contributed by atoms with van der Waals surface area (Å²) in [6.45, 7) is 4.32. The van der Waals surface area contributed by atoms with Gasteiger partial charge in [-0.15, -0.1) is 0 Å². The Hall–Kier alpha value is -1.91. The van der Waals surface area contributed by atoms with Crippen LogP contribution in [0.2, 0.25) is 0 Å². The molecule has 1 aromatic carbocycles. The molecular weight excluding hydrogens is 350 g/mol. The van der Waals surface area contributed by atoms with Crippen LogP contribution in [0.4, 0.5) is 0 Å². The van der Waals surface area contributed by atoms with Gasteiger partial charge in [-0.05, 0) is 43.7 Å². The van der Waals surface area contributed by atoms with E-state index in [1.165, 1.54) is 16.4 Å². The standard InChI is InChI=1S/C19H25N3O3S/c1-15-8-11-21(12-9-15)19(23)17-6-4-10-22(14-17)26(24,25)18-7-3-2-5-16(18)13-20/h2-3,5,7,15,17H,4,6,8-12,14H2,1H3. The summed E-state index contributed by atoms with van der Waals surface area (Å²) < 4.78 is 27.4. The molecule has 0 aliphatic carbocycles. The van der Waals surface area contributed by atoms with Gasteiger partial charge in [0.25, 0.3) is 0 Å². The third-order valence-electron chi connectivity index (χ3n) is 5.45. The van der Waals surface area contributed by atoms with Crippen molar-refractivity contribution in [3.63, 3.8) is 0 Å². The molecule has 0 N–H and O–H groups in total. The van der Waals surface area contributed by atoms with E-state index in [0.717, 1.165) is 32.4 Å². The van der Waals surface area contributed by atoms with Crippen molar-refractivity contribution >= 4 is 15.9 Å². The molecule has 140 valence electrons. The summed E-state index contributed by atoms with van der Waals surface area (Å²) in [6, 6.07) is 8.19. The van der Waals surface area contributed by atoms with Gasteiger partial charge in [0, 0.05) is 26.2 Å². The van der Waals surface area contributed by atoms with Crippen molar-refractivity contribution in [2.24, 2.45) is 11.8 Å². The highest BCUT2D eigenvalue weighted by Gasteiger charge is 2.36. The summed E-state index contributed by atoms with van der Waals surface area (Å²) in [6.07, 6.45) is 3.40. The number of nitriles is 1. The SMILES string of the molecule is CC1CCN(C(=O)C2CCCN(S(=O)(=O)c3ccccc3C#N)C2)CC1. The highest BCUT2D eigenvalue weighted by atomic mass is 32.2. The van der Waals surface area contributed by atoms with E-state index in [-0.39, 0.29) is 28.8 Å². The Balaban J connectivity index is 1.76. The lowest BCUT2D eigenvalue weighted by Gasteiger charge is -2.37. The van der Waals surface area contributed by atoms with Gasteiger partial charge < -0.3 is 4.90 Å². The van der Waals surface area contributed by atoms with E-state index in [1.807, 2.05) is 11.0 Å². The first kappa shape index (κ1) is 18.9. The van der Waals surface area contributed by atoms with E-state index in [9.17, 15) is 18.5 Å². The molecule has 26 heavy (non-hydrogen) atoms. The summed E-state index contributed by atoms with van der Waals surface area (Å²) in [7, 11) is -3.77. The maximum atomic E-state index is 13.0. The van der Waals surface area contributed by atoms with Crippen LogP contribution in [0.3, 0.4) is 0 Å². The summed E-state index contributed by atoms with van der Waals surface area (Å²) >= 11 is 0. The molecule has 1 amide bonds. The second kappa shape index (κ2) is 7.77. The van der Waals surface area contributed by atoms with Gasteiger partial charge in [-0.1, -0.05) is 19.1 Å². The first-order valence-electron chi connectivity index (χ1n) is 9.21. The Morgan fingerprint density at radius 3 is 2.54 bits per heavy atom. The van der Waals surface area contributed by atoms with Crippen LogP contribution in [0.15, 0.2) is 29.2 Å².